The van der Waals surface area contributed by atoms with Gasteiger partial charge in [-0.25, -0.2) is 18.1 Å². The van der Waals surface area contributed by atoms with Gasteiger partial charge in [-0.15, -0.1) is 0 Å². The van der Waals surface area contributed by atoms with E-state index in [1.807, 2.05) is 6.92 Å². The van der Waals surface area contributed by atoms with E-state index in [9.17, 15) is 8.42 Å². The summed E-state index contributed by atoms with van der Waals surface area (Å²) in [5.74, 6) is 0. The van der Waals surface area contributed by atoms with Gasteiger partial charge < -0.3 is 5.32 Å². The van der Waals surface area contributed by atoms with E-state index in [0.717, 1.165) is 37.8 Å². The van der Waals surface area contributed by atoms with Gasteiger partial charge in [0.05, 0.1) is 0 Å². The Bertz CT molecular complexity index is 500. The molecule has 0 aromatic carbocycles. The van der Waals surface area contributed by atoms with E-state index in [2.05, 4.69) is 28.9 Å². The first-order chi connectivity index (χ1) is 9.99. The van der Waals surface area contributed by atoms with Crippen molar-refractivity contribution in [1.29, 1.82) is 0 Å². The second-order valence-electron chi connectivity index (χ2n) is 5.35. The zero-order chi connectivity index (χ0) is 15.7. The molecule has 0 radical (unpaired) electrons. The van der Waals surface area contributed by atoms with Crippen LogP contribution in [0.25, 0.3) is 0 Å². The number of hydrogen-bond donors (Lipinski definition) is 2. The highest BCUT2D eigenvalue weighted by atomic mass is 32.2. The molecule has 120 valence electrons. The third-order valence-electron chi connectivity index (χ3n) is 3.18. The van der Waals surface area contributed by atoms with Crippen molar-refractivity contribution in [2.24, 2.45) is 0 Å². The third-order valence-corrected chi connectivity index (χ3v) is 4.68. The fourth-order valence-corrected chi connectivity index (χ4v) is 3.19. The molecular formula is C15H27N3O2S. The van der Waals surface area contributed by atoms with Gasteiger partial charge in [-0.05, 0) is 37.9 Å². The summed E-state index contributed by atoms with van der Waals surface area (Å²) in [6.07, 6.45) is 5.60. The maximum Gasteiger partial charge on any atom is 0.258 e. The Labute approximate surface area is 128 Å². The summed E-state index contributed by atoms with van der Waals surface area (Å²) in [5, 5.41) is 3.35. The Morgan fingerprint density at radius 1 is 1.24 bits per heavy atom. The lowest BCUT2D eigenvalue weighted by Gasteiger charge is -2.13. The van der Waals surface area contributed by atoms with Gasteiger partial charge in [0.25, 0.3) is 10.0 Å². The summed E-state index contributed by atoms with van der Waals surface area (Å²) in [6, 6.07) is 3.31. The molecule has 21 heavy (non-hydrogen) atoms. The average Bonchev–Trinajstić information content (AvgIpc) is 2.45. The molecule has 1 atom stereocenters. The van der Waals surface area contributed by atoms with Gasteiger partial charge in [0.2, 0.25) is 0 Å². The number of rotatable bonds is 10. The average molecular weight is 313 g/mol. The summed E-state index contributed by atoms with van der Waals surface area (Å²) in [4.78, 5) is 4.07. The van der Waals surface area contributed by atoms with Crippen molar-refractivity contribution in [3.8, 4) is 0 Å². The number of nitrogens with one attached hydrogen (secondary N) is 2. The van der Waals surface area contributed by atoms with Gasteiger partial charge in [-0.3, -0.25) is 0 Å². The molecule has 0 bridgehead atoms. The van der Waals surface area contributed by atoms with Crippen molar-refractivity contribution < 1.29 is 8.42 Å². The van der Waals surface area contributed by atoms with Gasteiger partial charge in [0.1, 0.15) is 0 Å². The largest absolute Gasteiger partial charge is 0.313 e. The number of nitrogens with zero attached hydrogens (tertiary/aromatic N) is 1. The Kier molecular flexibility index (Phi) is 7.85. The first-order valence-corrected chi connectivity index (χ1v) is 9.16. The Hall–Kier alpha value is -0.980. The highest BCUT2D eigenvalue weighted by Crippen LogP contribution is 2.09. The molecule has 0 fully saturated rings. The molecule has 1 unspecified atom stereocenters. The van der Waals surface area contributed by atoms with Crippen LogP contribution in [0.5, 0.6) is 0 Å². The Morgan fingerprint density at radius 3 is 2.57 bits per heavy atom. The molecule has 0 saturated carbocycles. The number of pyridine rings is 1. The van der Waals surface area contributed by atoms with Crippen LogP contribution in [-0.4, -0.2) is 26.0 Å². The van der Waals surface area contributed by atoms with Crippen LogP contribution in [0.1, 0.15) is 52.0 Å². The van der Waals surface area contributed by atoms with E-state index in [-0.39, 0.29) is 11.1 Å². The van der Waals surface area contributed by atoms with Crippen LogP contribution in [-0.2, 0) is 16.6 Å². The lowest BCUT2D eigenvalue weighted by Crippen LogP contribution is -2.33. The summed E-state index contributed by atoms with van der Waals surface area (Å²) in [7, 11) is -3.51. The monoisotopic (exact) mass is 313 g/mol. The van der Waals surface area contributed by atoms with Crippen LogP contribution in [0.3, 0.4) is 0 Å². The quantitative estimate of drug-likeness (QED) is 0.651. The molecule has 1 aromatic heterocycles. The van der Waals surface area contributed by atoms with Crippen molar-refractivity contribution in [3.05, 3.63) is 23.9 Å². The molecular weight excluding hydrogens is 286 g/mol. The Morgan fingerprint density at radius 2 is 2.00 bits per heavy atom. The van der Waals surface area contributed by atoms with E-state index >= 15 is 0 Å². The maximum absolute atomic E-state index is 12.2. The summed E-state index contributed by atoms with van der Waals surface area (Å²) >= 11 is 0. The lowest BCUT2D eigenvalue weighted by molar-refractivity contribution is 0.531. The van der Waals surface area contributed by atoms with Gasteiger partial charge in [-0.2, -0.15) is 0 Å². The fraction of sp³-hybridized carbons (Fsp3) is 0.667. The minimum absolute atomic E-state index is 0.0670. The van der Waals surface area contributed by atoms with Crippen LogP contribution in [0.4, 0.5) is 0 Å². The zero-order valence-corrected chi connectivity index (χ0v) is 14.0. The normalized spacial score (nSPS) is 13.3. The molecule has 0 aliphatic heterocycles. The molecule has 0 saturated heterocycles. The van der Waals surface area contributed by atoms with E-state index in [4.69, 9.17) is 0 Å². The number of hydrogen-bond acceptors (Lipinski definition) is 4. The molecule has 6 heteroatoms. The van der Waals surface area contributed by atoms with E-state index in [0.29, 0.717) is 6.54 Å². The first kappa shape index (κ1) is 18.1. The molecule has 1 aromatic rings. The van der Waals surface area contributed by atoms with E-state index in [1.54, 1.807) is 18.3 Å². The molecule has 2 N–H and O–H groups in total. The predicted octanol–water partition coefficient (Wildman–Crippen LogP) is 2.44. The van der Waals surface area contributed by atoms with Gasteiger partial charge in [-0.1, -0.05) is 32.8 Å². The van der Waals surface area contributed by atoms with Crippen LogP contribution < -0.4 is 10.0 Å². The van der Waals surface area contributed by atoms with Crippen LogP contribution in [0.2, 0.25) is 0 Å². The van der Waals surface area contributed by atoms with Crippen LogP contribution >= 0.6 is 0 Å². The first-order valence-electron chi connectivity index (χ1n) is 7.67. The highest BCUT2D eigenvalue weighted by molar-refractivity contribution is 7.89. The molecule has 0 amide bonds. The van der Waals surface area contributed by atoms with Crippen molar-refractivity contribution in [2.75, 3.05) is 6.54 Å². The SMILES string of the molecule is CCCCC(C)NS(=O)(=O)c1ccc(CNCCC)cn1. The lowest BCUT2D eigenvalue weighted by atomic mass is 10.2. The Balaban J connectivity index is 2.62. The third kappa shape index (κ3) is 6.54. The topological polar surface area (TPSA) is 71.1 Å². The zero-order valence-electron chi connectivity index (χ0n) is 13.2. The summed E-state index contributed by atoms with van der Waals surface area (Å²) in [5.41, 5.74) is 0.987. The second-order valence-corrected chi connectivity index (χ2v) is 7.01. The van der Waals surface area contributed by atoms with Crippen molar-refractivity contribution in [3.63, 3.8) is 0 Å². The maximum atomic E-state index is 12.2. The second kappa shape index (κ2) is 9.12. The molecule has 5 nitrogen and oxygen atoms in total. The number of sulfonamides is 1. The smallest absolute Gasteiger partial charge is 0.258 e. The minimum Gasteiger partial charge on any atom is -0.313 e. The molecule has 0 aliphatic carbocycles. The molecule has 0 aliphatic rings. The van der Waals surface area contributed by atoms with Crippen LogP contribution in [0.15, 0.2) is 23.4 Å². The van der Waals surface area contributed by atoms with E-state index < -0.39 is 10.0 Å². The standard InChI is InChI=1S/C15H27N3O2S/c1-4-6-7-13(3)18-21(19,20)15-9-8-14(12-17-15)11-16-10-5-2/h8-9,12-13,16,18H,4-7,10-11H2,1-3H3. The summed E-state index contributed by atoms with van der Waals surface area (Å²) < 4.78 is 27.0. The fourth-order valence-electron chi connectivity index (χ4n) is 1.98. The van der Waals surface area contributed by atoms with E-state index in [1.165, 1.54) is 0 Å². The molecule has 0 spiro atoms. The number of unbranched alkanes of at least 4 members (excludes halogenated alkanes) is 1. The van der Waals surface area contributed by atoms with Crippen molar-refractivity contribution >= 4 is 10.0 Å². The minimum atomic E-state index is -3.51. The van der Waals surface area contributed by atoms with Gasteiger partial charge in [0, 0.05) is 18.8 Å². The van der Waals surface area contributed by atoms with Crippen LogP contribution in [0, 0.1) is 0 Å². The highest BCUT2D eigenvalue weighted by Gasteiger charge is 2.18. The van der Waals surface area contributed by atoms with Gasteiger partial charge in [0.15, 0.2) is 5.03 Å². The summed E-state index contributed by atoms with van der Waals surface area (Å²) in [6.45, 7) is 7.73. The molecule has 1 rings (SSSR count). The molecule has 1 heterocycles. The van der Waals surface area contributed by atoms with Crippen molar-refractivity contribution in [2.45, 2.75) is 64.1 Å². The number of aromatic nitrogens is 1. The van der Waals surface area contributed by atoms with Gasteiger partial charge >= 0.3 is 0 Å². The predicted molar refractivity (Wildman–Crippen MR) is 85.5 cm³/mol. The van der Waals surface area contributed by atoms with Crippen molar-refractivity contribution in [1.82, 2.24) is 15.0 Å².